The summed E-state index contributed by atoms with van der Waals surface area (Å²) in [7, 11) is 0. The van der Waals surface area contributed by atoms with Crippen molar-refractivity contribution in [2.75, 3.05) is 11.9 Å². The minimum Gasteiger partial charge on any atom is -0.494 e. The highest BCUT2D eigenvalue weighted by Gasteiger charge is 2.25. The fourth-order valence-corrected chi connectivity index (χ4v) is 1.55. The lowest BCUT2D eigenvalue weighted by molar-refractivity contribution is -0.123. The summed E-state index contributed by atoms with van der Waals surface area (Å²) < 4.78 is 5.35. The van der Waals surface area contributed by atoms with Crippen molar-refractivity contribution in [3.63, 3.8) is 0 Å². The Kier molecular flexibility index (Phi) is 4.95. The molecule has 0 spiro atoms. The van der Waals surface area contributed by atoms with Gasteiger partial charge in [-0.05, 0) is 37.6 Å². The van der Waals surface area contributed by atoms with Crippen LogP contribution in [0.1, 0.15) is 27.2 Å². The summed E-state index contributed by atoms with van der Waals surface area (Å²) in [5, 5.41) is 2.89. The first-order chi connectivity index (χ1) is 8.49. The molecule has 0 aromatic heterocycles. The quantitative estimate of drug-likeness (QED) is 0.780. The highest BCUT2D eigenvalue weighted by atomic mass is 16.5. The number of carbonyl (C=O) groups excluding carboxylic acids is 1. The van der Waals surface area contributed by atoms with Crippen molar-refractivity contribution in [3.8, 4) is 5.75 Å². The molecule has 0 saturated heterocycles. The number of ether oxygens (including phenoxy) is 1. The zero-order chi connectivity index (χ0) is 13.6. The maximum Gasteiger partial charge on any atom is 0.230 e. The van der Waals surface area contributed by atoms with Crippen molar-refractivity contribution in [2.24, 2.45) is 5.41 Å². The largest absolute Gasteiger partial charge is 0.494 e. The summed E-state index contributed by atoms with van der Waals surface area (Å²) in [5.74, 6) is 0.799. The van der Waals surface area contributed by atoms with Gasteiger partial charge in [-0.2, -0.15) is 0 Å². The van der Waals surface area contributed by atoms with E-state index in [4.69, 9.17) is 4.74 Å². The molecule has 3 heteroatoms. The number of allylic oxidation sites excluding steroid dienone is 1. The van der Waals surface area contributed by atoms with E-state index in [0.29, 0.717) is 13.0 Å². The van der Waals surface area contributed by atoms with Gasteiger partial charge in [-0.25, -0.2) is 0 Å². The van der Waals surface area contributed by atoms with E-state index in [1.54, 1.807) is 6.08 Å². The lowest BCUT2D eigenvalue weighted by Crippen LogP contribution is -2.30. The number of carbonyl (C=O) groups is 1. The third-order valence-electron chi connectivity index (χ3n) is 2.69. The Balaban J connectivity index is 2.67. The predicted molar refractivity (Wildman–Crippen MR) is 74.8 cm³/mol. The van der Waals surface area contributed by atoms with Gasteiger partial charge >= 0.3 is 0 Å². The molecule has 1 aromatic carbocycles. The topological polar surface area (TPSA) is 38.3 Å². The Hall–Kier alpha value is -1.77. The first-order valence-corrected chi connectivity index (χ1v) is 6.15. The van der Waals surface area contributed by atoms with Gasteiger partial charge < -0.3 is 10.1 Å². The van der Waals surface area contributed by atoms with Gasteiger partial charge in [0, 0.05) is 11.1 Å². The summed E-state index contributed by atoms with van der Waals surface area (Å²) in [6.07, 6.45) is 2.41. The Morgan fingerprint density at radius 3 is 2.50 bits per heavy atom. The van der Waals surface area contributed by atoms with Crippen molar-refractivity contribution >= 4 is 11.6 Å². The highest BCUT2D eigenvalue weighted by molar-refractivity contribution is 5.94. The van der Waals surface area contributed by atoms with Crippen molar-refractivity contribution in [1.82, 2.24) is 0 Å². The van der Waals surface area contributed by atoms with Crippen LogP contribution >= 0.6 is 0 Å². The Labute approximate surface area is 109 Å². The number of hydrogen-bond acceptors (Lipinski definition) is 2. The van der Waals surface area contributed by atoms with E-state index in [-0.39, 0.29) is 5.91 Å². The Bertz CT molecular complexity index is 407. The van der Waals surface area contributed by atoms with Crippen LogP contribution in [0, 0.1) is 5.41 Å². The second kappa shape index (κ2) is 6.24. The van der Waals surface area contributed by atoms with Gasteiger partial charge in [0.1, 0.15) is 5.75 Å². The standard InChI is InChI=1S/C15H21NO2/c1-5-11-15(3,4)14(17)16-12-7-9-13(10-8-12)18-6-2/h5,7-10H,1,6,11H2,2-4H3,(H,16,17). The molecule has 0 saturated carbocycles. The van der Waals surface area contributed by atoms with Gasteiger partial charge in [-0.3, -0.25) is 4.79 Å². The van der Waals surface area contributed by atoms with E-state index in [9.17, 15) is 4.79 Å². The molecule has 0 atom stereocenters. The maximum absolute atomic E-state index is 12.0. The first-order valence-electron chi connectivity index (χ1n) is 6.15. The zero-order valence-corrected chi connectivity index (χ0v) is 11.3. The molecule has 0 aliphatic heterocycles. The van der Waals surface area contributed by atoms with Crippen molar-refractivity contribution < 1.29 is 9.53 Å². The molecule has 0 bridgehead atoms. The SMILES string of the molecule is C=CCC(C)(C)C(=O)Nc1ccc(OCC)cc1. The number of nitrogens with one attached hydrogen (secondary N) is 1. The summed E-state index contributed by atoms with van der Waals surface area (Å²) in [5.41, 5.74) is 0.334. The minimum atomic E-state index is -0.444. The predicted octanol–water partition coefficient (Wildman–Crippen LogP) is 3.63. The smallest absolute Gasteiger partial charge is 0.230 e. The second-order valence-corrected chi connectivity index (χ2v) is 4.79. The van der Waals surface area contributed by atoms with Crippen LogP contribution in [0.3, 0.4) is 0 Å². The zero-order valence-electron chi connectivity index (χ0n) is 11.3. The summed E-state index contributed by atoms with van der Waals surface area (Å²) in [6, 6.07) is 7.37. The molecular formula is C15H21NO2. The molecule has 0 heterocycles. The van der Waals surface area contributed by atoms with Crippen LogP contribution in [0.4, 0.5) is 5.69 Å². The third kappa shape index (κ3) is 3.91. The molecule has 0 aliphatic carbocycles. The van der Waals surface area contributed by atoms with Crippen LogP contribution in [0.2, 0.25) is 0 Å². The number of amides is 1. The number of hydrogen-bond donors (Lipinski definition) is 1. The van der Waals surface area contributed by atoms with Crippen LogP contribution < -0.4 is 10.1 Å². The Morgan fingerprint density at radius 2 is 2.00 bits per heavy atom. The minimum absolute atomic E-state index is 0.00781. The van der Waals surface area contributed by atoms with Gasteiger partial charge in [-0.1, -0.05) is 19.9 Å². The lowest BCUT2D eigenvalue weighted by atomic mass is 9.88. The van der Waals surface area contributed by atoms with Gasteiger partial charge in [0.25, 0.3) is 0 Å². The number of rotatable bonds is 6. The molecule has 0 unspecified atom stereocenters. The van der Waals surface area contributed by atoms with Crippen LogP contribution in [-0.4, -0.2) is 12.5 Å². The Morgan fingerprint density at radius 1 is 1.39 bits per heavy atom. The summed E-state index contributed by atoms with van der Waals surface area (Å²) in [6.45, 7) is 10.0. The molecule has 1 amide bonds. The maximum atomic E-state index is 12.0. The van der Waals surface area contributed by atoms with E-state index >= 15 is 0 Å². The van der Waals surface area contributed by atoms with E-state index in [0.717, 1.165) is 11.4 Å². The molecule has 3 nitrogen and oxygen atoms in total. The van der Waals surface area contributed by atoms with Crippen molar-refractivity contribution in [2.45, 2.75) is 27.2 Å². The van der Waals surface area contributed by atoms with E-state index in [1.807, 2.05) is 45.0 Å². The molecule has 1 rings (SSSR count). The second-order valence-electron chi connectivity index (χ2n) is 4.79. The van der Waals surface area contributed by atoms with E-state index in [2.05, 4.69) is 11.9 Å². The molecule has 0 aliphatic rings. The molecule has 98 valence electrons. The third-order valence-corrected chi connectivity index (χ3v) is 2.69. The fraction of sp³-hybridized carbons (Fsp3) is 0.400. The first kappa shape index (κ1) is 14.3. The van der Waals surface area contributed by atoms with E-state index < -0.39 is 5.41 Å². The highest BCUT2D eigenvalue weighted by Crippen LogP contribution is 2.24. The summed E-state index contributed by atoms with van der Waals surface area (Å²) in [4.78, 5) is 12.0. The number of benzene rings is 1. The molecule has 0 radical (unpaired) electrons. The van der Waals surface area contributed by atoms with Gasteiger partial charge in [0.15, 0.2) is 0 Å². The molecule has 1 N–H and O–H groups in total. The average molecular weight is 247 g/mol. The normalized spacial score (nSPS) is 10.8. The van der Waals surface area contributed by atoms with Crippen molar-refractivity contribution in [1.29, 1.82) is 0 Å². The number of anilines is 1. The molecule has 0 fully saturated rings. The van der Waals surface area contributed by atoms with E-state index in [1.165, 1.54) is 0 Å². The average Bonchev–Trinajstić information content (AvgIpc) is 2.32. The van der Waals surface area contributed by atoms with Gasteiger partial charge in [0.05, 0.1) is 6.61 Å². The van der Waals surface area contributed by atoms with Gasteiger partial charge in [-0.15, -0.1) is 6.58 Å². The fourth-order valence-electron chi connectivity index (χ4n) is 1.55. The molecular weight excluding hydrogens is 226 g/mol. The monoisotopic (exact) mass is 247 g/mol. The lowest BCUT2D eigenvalue weighted by Gasteiger charge is -2.21. The molecule has 18 heavy (non-hydrogen) atoms. The van der Waals surface area contributed by atoms with Crippen LogP contribution in [0.15, 0.2) is 36.9 Å². The van der Waals surface area contributed by atoms with Crippen LogP contribution in [0.5, 0.6) is 5.75 Å². The van der Waals surface area contributed by atoms with Crippen molar-refractivity contribution in [3.05, 3.63) is 36.9 Å². The van der Waals surface area contributed by atoms with Gasteiger partial charge in [0.2, 0.25) is 5.91 Å². The van der Waals surface area contributed by atoms with Crippen LogP contribution in [0.25, 0.3) is 0 Å². The summed E-state index contributed by atoms with van der Waals surface area (Å²) >= 11 is 0. The molecule has 1 aromatic rings. The van der Waals surface area contributed by atoms with Crippen LogP contribution in [-0.2, 0) is 4.79 Å².